The minimum absolute atomic E-state index is 0.503. The summed E-state index contributed by atoms with van der Waals surface area (Å²) in [6.07, 6.45) is 1.37. The molecule has 0 aromatic heterocycles. The first-order valence-corrected chi connectivity index (χ1v) is 5.95. The fourth-order valence-electron chi connectivity index (χ4n) is 2.12. The lowest BCUT2D eigenvalue weighted by Gasteiger charge is -2.26. The van der Waals surface area contributed by atoms with Gasteiger partial charge in [-0.05, 0) is 11.6 Å². The van der Waals surface area contributed by atoms with Crippen molar-refractivity contribution in [1.29, 1.82) is 0 Å². The molecule has 0 radical (unpaired) electrons. The molecule has 1 fully saturated rings. The normalized spacial score (nSPS) is 16.4. The molecule has 0 amide bonds. The molecule has 0 unspecified atom stereocenters. The van der Waals surface area contributed by atoms with Crippen LogP contribution in [0.2, 0.25) is 0 Å². The number of nitro benzene ring substituents is 1. The molecule has 6 nitrogen and oxygen atoms in total. The molecular formula is C12H14FN3O3. The Hall–Kier alpha value is -2.02. The fraction of sp³-hybridized carbons (Fsp3) is 0.417. The largest absolute Gasteiger partial charge is 0.411 e. The summed E-state index contributed by atoms with van der Waals surface area (Å²) < 4.78 is 13.5. The fourth-order valence-corrected chi connectivity index (χ4v) is 2.12. The Bertz CT molecular complexity index is 509. The SMILES string of the molecule is O=[N+]([O-])c1ccc(CN2CCC(=NO)CC2)cc1F. The van der Waals surface area contributed by atoms with Crippen LogP contribution in [0, 0.1) is 15.9 Å². The Morgan fingerprint density at radius 3 is 2.63 bits per heavy atom. The van der Waals surface area contributed by atoms with Gasteiger partial charge in [0, 0.05) is 38.5 Å². The molecular weight excluding hydrogens is 253 g/mol. The molecule has 1 aromatic carbocycles. The van der Waals surface area contributed by atoms with Gasteiger partial charge < -0.3 is 5.21 Å². The highest BCUT2D eigenvalue weighted by atomic mass is 19.1. The van der Waals surface area contributed by atoms with Crippen LogP contribution in [-0.4, -0.2) is 33.8 Å². The predicted molar refractivity (Wildman–Crippen MR) is 66.8 cm³/mol. The van der Waals surface area contributed by atoms with E-state index in [2.05, 4.69) is 10.1 Å². The second-order valence-corrected chi connectivity index (χ2v) is 4.49. The lowest BCUT2D eigenvalue weighted by Crippen LogP contribution is -2.33. The highest BCUT2D eigenvalue weighted by Crippen LogP contribution is 2.20. The van der Waals surface area contributed by atoms with Gasteiger partial charge in [-0.25, -0.2) is 0 Å². The monoisotopic (exact) mass is 267 g/mol. The Morgan fingerprint density at radius 2 is 2.11 bits per heavy atom. The zero-order valence-corrected chi connectivity index (χ0v) is 10.3. The molecule has 0 atom stereocenters. The standard InChI is InChI=1S/C12H14FN3O3/c13-11-7-9(1-2-12(11)16(18)19)8-15-5-3-10(14-17)4-6-15/h1-2,7,17H,3-6,8H2. The van der Waals surface area contributed by atoms with Gasteiger partial charge >= 0.3 is 5.69 Å². The molecule has 7 heteroatoms. The van der Waals surface area contributed by atoms with Crippen molar-refractivity contribution < 1.29 is 14.5 Å². The molecule has 0 saturated carbocycles. The van der Waals surface area contributed by atoms with E-state index in [0.717, 1.165) is 18.8 Å². The van der Waals surface area contributed by atoms with E-state index in [4.69, 9.17) is 5.21 Å². The molecule has 19 heavy (non-hydrogen) atoms. The van der Waals surface area contributed by atoms with E-state index in [1.807, 2.05) is 0 Å². The maximum Gasteiger partial charge on any atom is 0.304 e. The Labute approximate surface area is 109 Å². The quantitative estimate of drug-likeness (QED) is 0.517. The number of piperidine rings is 1. The number of halogens is 1. The van der Waals surface area contributed by atoms with E-state index in [9.17, 15) is 14.5 Å². The molecule has 1 saturated heterocycles. The second-order valence-electron chi connectivity index (χ2n) is 4.49. The van der Waals surface area contributed by atoms with Crippen LogP contribution in [0.25, 0.3) is 0 Å². The maximum absolute atomic E-state index is 13.5. The van der Waals surface area contributed by atoms with E-state index in [1.54, 1.807) is 6.07 Å². The molecule has 1 aromatic rings. The van der Waals surface area contributed by atoms with Crippen molar-refractivity contribution in [3.63, 3.8) is 0 Å². The second kappa shape index (κ2) is 5.75. The van der Waals surface area contributed by atoms with E-state index in [0.29, 0.717) is 24.9 Å². The number of hydrogen-bond donors (Lipinski definition) is 1. The van der Waals surface area contributed by atoms with Crippen LogP contribution in [0.1, 0.15) is 18.4 Å². The van der Waals surface area contributed by atoms with Gasteiger partial charge in [0.1, 0.15) is 0 Å². The smallest absolute Gasteiger partial charge is 0.304 e. The summed E-state index contributed by atoms with van der Waals surface area (Å²) >= 11 is 0. The first kappa shape index (κ1) is 13.4. The van der Waals surface area contributed by atoms with Crippen molar-refractivity contribution in [2.24, 2.45) is 5.16 Å². The third-order valence-corrected chi connectivity index (χ3v) is 3.19. The molecule has 0 aliphatic carbocycles. The Kier molecular flexibility index (Phi) is 4.06. The molecule has 1 N–H and O–H groups in total. The summed E-state index contributed by atoms with van der Waals surface area (Å²) in [5.41, 5.74) is 0.968. The molecule has 1 heterocycles. The lowest BCUT2D eigenvalue weighted by atomic mass is 10.1. The Balaban J connectivity index is 2.00. The average molecular weight is 267 g/mol. The molecule has 1 aliphatic rings. The third-order valence-electron chi connectivity index (χ3n) is 3.19. The van der Waals surface area contributed by atoms with Gasteiger partial charge in [-0.3, -0.25) is 15.0 Å². The summed E-state index contributed by atoms with van der Waals surface area (Å²) in [5, 5.41) is 22.3. The molecule has 0 spiro atoms. The third kappa shape index (κ3) is 3.25. The van der Waals surface area contributed by atoms with Crippen molar-refractivity contribution >= 4 is 11.4 Å². The highest BCUT2D eigenvalue weighted by Gasteiger charge is 2.18. The van der Waals surface area contributed by atoms with Gasteiger partial charge in [-0.1, -0.05) is 11.2 Å². The summed E-state index contributed by atoms with van der Waals surface area (Å²) in [5.74, 6) is -0.808. The van der Waals surface area contributed by atoms with E-state index < -0.39 is 16.4 Å². The topological polar surface area (TPSA) is 79.0 Å². The molecule has 2 rings (SSSR count). The number of rotatable bonds is 3. The zero-order chi connectivity index (χ0) is 13.8. The minimum atomic E-state index is -0.808. The van der Waals surface area contributed by atoms with Crippen molar-refractivity contribution in [2.45, 2.75) is 19.4 Å². The van der Waals surface area contributed by atoms with Crippen molar-refractivity contribution in [2.75, 3.05) is 13.1 Å². The summed E-state index contributed by atoms with van der Waals surface area (Å²) in [7, 11) is 0. The van der Waals surface area contributed by atoms with Crippen LogP contribution in [-0.2, 0) is 6.54 Å². The van der Waals surface area contributed by atoms with Gasteiger partial charge in [-0.2, -0.15) is 4.39 Å². The summed E-state index contributed by atoms with van der Waals surface area (Å²) in [6, 6.07) is 3.96. The predicted octanol–water partition coefficient (Wildman–Crippen LogP) is 2.16. The number of hydrogen-bond acceptors (Lipinski definition) is 5. The summed E-state index contributed by atoms with van der Waals surface area (Å²) in [6.45, 7) is 2.00. The number of likely N-dealkylation sites (tertiary alicyclic amines) is 1. The number of nitro groups is 1. The van der Waals surface area contributed by atoms with E-state index >= 15 is 0 Å². The highest BCUT2D eigenvalue weighted by molar-refractivity contribution is 5.84. The zero-order valence-electron chi connectivity index (χ0n) is 10.3. The van der Waals surface area contributed by atoms with E-state index in [1.165, 1.54) is 12.1 Å². The number of benzene rings is 1. The van der Waals surface area contributed by atoms with Crippen molar-refractivity contribution in [3.8, 4) is 0 Å². The Morgan fingerprint density at radius 1 is 1.42 bits per heavy atom. The van der Waals surface area contributed by atoms with Crippen molar-refractivity contribution in [1.82, 2.24) is 4.90 Å². The summed E-state index contributed by atoms with van der Waals surface area (Å²) in [4.78, 5) is 11.9. The molecule has 1 aliphatic heterocycles. The first-order chi connectivity index (χ1) is 9.10. The van der Waals surface area contributed by atoms with Crippen LogP contribution < -0.4 is 0 Å². The molecule has 0 bridgehead atoms. The minimum Gasteiger partial charge on any atom is -0.411 e. The first-order valence-electron chi connectivity index (χ1n) is 5.95. The van der Waals surface area contributed by atoms with Crippen molar-refractivity contribution in [3.05, 3.63) is 39.7 Å². The van der Waals surface area contributed by atoms with Crippen LogP contribution in [0.15, 0.2) is 23.4 Å². The van der Waals surface area contributed by atoms with Gasteiger partial charge in [0.05, 0.1) is 10.6 Å². The number of oxime groups is 1. The van der Waals surface area contributed by atoms with Crippen LogP contribution in [0.3, 0.4) is 0 Å². The van der Waals surface area contributed by atoms with Gasteiger partial charge in [0.15, 0.2) is 0 Å². The van der Waals surface area contributed by atoms with Gasteiger partial charge in [0.2, 0.25) is 5.82 Å². The van der Waals surface area contributed by atoms with Crippen LogP contribution in [0.5, 0.6) is 0 Å². The van der Waals surface area contributed by atoms with Crippen LogP contribution in [0.4, 0.5) is 10.1 Å². The molecule has 102 valence electrons. The average Bonchev–Trinajstić information content (AvgIpc) is 2.39. The number of nitrogens with zero attached hydrogens (tertiary/aromatic N) is 3. The van der Waals surface area contributed by atoms with Crippen LogP contribution >= 0.6 is 0 Å². The van der Waals surface area contributed by atoms with Gasteiger partial charge in [0.25, 0.3) is 0 Å². The lowest BCUT2D eigenvalue weighted by molar-refractivity contribution is -0.387. The maximum atomic E-state index is 13.5. The van der Waals surface area contributed by atoms with E-state index in [-0.39, 0.29) is 0 Å². The van der Waals surface area contributed by atoms with Gasteiger partial charge in [-0.15, -0.1) is 0 Å².